The molecule has 120 valence electrons. The Labute approximate surface area is 131 Å². The van der Waals surface area contributed by atoms with E-state index in [-0.39, 0.29) is 6.61 Å². The molecule has 1 aromatic carbocycles. The molecule has 1 aliphatic rings. The molecular formula is C18H25NO3. The summed E-state index contributed by atoms with van der Waals surface area (Å²) >= 11 is 0. The average molecular weight is 303 g/mol. The van der Waals surface area contributed by atoms with Gasteiger partial charge in [0.1, 0.15) is 5.75 Å². The maximum Gasteiger partial charge on any atom is 0.120 e. The van der Waals surface area contributed by atoms with Gasteiger partial charge in [-0.05, 0) is 55.9 Å². The van der Waals surface area contributed by atoms with E-state index in [0.717, 1.165) is 57.1 Å². The molecule has 4 heteroatoms. The first-order valence-corrected chi connectivity index (χ1v) is 8.27. The fourth-order valence-electron chi connectivity index (χ4n) is 3.04. The molecule has 0 unspecified atom stereocenters. The smallest absolute Gasteiger partial charge is 0.120 e. The van der Waals surface area contributed by atoms with Crippen LogP contribution in [0, 0.1) is 5.92 Å². The van der Waals surface area contributed by atoms with Crippen LogP contribution in [0.3, 0.4) is 0 Å². The number of rotatable bonds is 7. The third kappa shape index (κ3) is 3.81. The number of aliphatic hydroxyl groups excluding tert-OH is 1. The van der Waals surface area contributed by atoms with Gasteiger partial charge >= 0.3 is 0 Å². The van der Waals surface area contributed by atoms with Crippen molar-refractivity contribution in [2.24, 2.45) is 5.92 Å². The molecule has 0 radical (unpaired) electrons. The molecule has 1 saturated heterocycles. The molecule has 1 fully saturated rings. The topological polar surface area (TPSA) is 43.6 Å². The van der Waals surface area contributed by atoms with E-state index < -0.39 is 0 Å². The third-order valence-corrected chi connectivity index (χ3v) is 4.36. The van der Waals surface area contributed by atoms with E-state index in [2.05, 4.69) is 29.0 Å². The van der Waals surface area contributed by atoms with Crippen molar-refractivity contribution >= 4 is 10.9 Å². The van der Waals surface area contributed by atoms with Crippen LogP contribution in [0.4, 0.5) is 0 Å². The van der Waals surface area contributed by atoms with E-state index in [1.54, 1.807) is 0 Å². The largest absolute Gasteiger partial charge is 0.494 e. The first-order chi connectivity index (χ1) is 10.9. The van der Waals surface area contributed by atoms with Crippen LogP contribution in [-0.2, 0) is 11.3 Å². The number of benzene rings is 1. The van der Waals surface area contributed by atoms with Gasteiger partial charge in [-0.1, -0.05) is 0 Å². The molecular weight excluding hydrogens is 278 g/mol. The Morgan fingerprint density at radius 2 is 2.05 bits per heavy atom. The molecule has 0 spiro atoms. The fraction of sp³-hybridized carbons (Fsp3) is 0.556. The number of unbranched alkanes of at least 4 members (excludes halogenated alkanes) is 1. The van der Waals surface area contributed by atoms with Crippen LogP contribution in [0.1, 0.15) is 25.7 Å². The predicted molar refractivity (Wildman–Crippen MR) is 87.3 cm³/mol. The highest BCUT2D eigenvalue weighted by Crippen LogP contribution is 2.25. The molecule has 3 rings (SSSR count). The summed E-state index contributed by atoms with van der Waals surface area (Å²) in [6.07, 6.45) is 6.18. The van der Waals surface area contributed by atoms with Crippen molar-refractivity contribution in [3.8, 4) is 5.75 Å². The lowest BCUT2D eigenvalue weighted by Gasteiger charge is -2.22. The van der Waals surface area contributed by atoms with Crippen molar-refractivity contribution in [1.82, 2.24) is 4.57 Å². The van der Waals surface area contributed by atoms with Crippen LogP contribution in [0.5, 0.6) is 5.75 Å². The SMILES string of the molecule is OCCCCOc1ccc2c(ccn2CC2CCOCC2)c1. The van der Waals surface area contributed by atoms with E-state index in [0.29, 0.717) is 6.61 Å². The number of aliphatic hydroxyl groups is 1. The van der Waals surface area contributed by atoms with Gasteiger partial charge in [-0.3, -0.25) is 0 Å². The van der Waals surface area contributed by atoms with Crippen LogP contribution >= 0.6 is 0 Å². The summed E-state index contributed by atoms with van der Waals surface area (Å²) < 4.78 is 13.5. The number of nitrogens with zero attached hydrogens (tertiary/aromatic N) is 1. The summed E-state index contributed by atoms with van der Waals surface area (Å²) in [5.74, 6) is 1.63. The van der Waals surface area contributed by atoms with Gasteiger partial charge < -0.3 is 19.1 Å². The second-order valence-electron chi connectivity index (χ2n) is 6.02. The lowest BCUT2D eigenvalue weighted by atomic mass is 10.0. The molecule has 1 N–H and O–H groups in total. The van der Waals surface area contributed by atoms with Gasteiger partial charge in [-0.2, -0.15) is 0 Å². The van der Waals surface area contributed by atoms with Crippen LogP contribution in [0.25, 0.3) is 10.9 Å². The second kappa shape index (κ2) is 7.65. The monoisotopic (exact) mass is 303 g/mol. The zero-order valence-electron chi connectivity index (χ0n) is 13.0. The molecule has 0 aliphatic carbocycles. The van der Waals surface area contributed by atoms with E-state index in [9.17, 15) is 0 Å². The zero-order chi connectivity index (χ0) is 15.2. The minimum absolute atomic E-state index is 0.234. The lowest BCUT2D eigenvalue weighted by Crippen LogP contribution is -2.19. The summed E-state index contributed by atoms with van der Waals surface area (Å²) in [6, 6.07) is 8.46. The first-order valence-electron chi connectivity index (χ1n) is 8.27. The van der Waals surface area contributed by atoms with Crippen molar-refractivity contribution in [3.63, 3.8) is 0 Å². The number of hydrogen-bond donors (Lipinski definition) is 1. The molecule has 4 nitrogen and oxygen atoms in total. The second-order valence-corrected chi connectivity index (χ2v) is 6.02. The summed E-state index contributed by atoms with van der Waals surface area (Å²) in [5, 5.41) is 10.0. The molecule has 1 aliphatic heterocycles. The maximum absolute atomic E-state index is 8.78. The summed E-state index contributed by atoms with van der Waals surface area (Å²) in [7, 11) is 0. The van der Waals surface area contributed by atoms with E-state index in [1.807, 2.05) is 6.07 Å². The van der Waals surface area contributed by atoms with Crippen molar-refractivity contribution in [1.29, 1.82) is 0 Å². The number of fused-ring (bicyclic) bond motifs is 1. The minimum atomic E-state index is 0.234. The summed E-state index contributed by atoms with van der Waals surface area (Å²) in [5.41, 5.74) is 1.27. The van der Waals surface area contributed by atoms with Crippen LogP contribution < -0.4 is 4.74 Å². The third-order valence-electron chi connectivity index (χ3n) is 4.36. The van der Waals surface area contributed by atoms with E-state index in [1.165, 1.54) is 10.9 Å². The van der Waals surface area contributed by atoms with Gasteiger partial charge in [-0.15, -0.1) is 0 Å². The Morgan fingerprint density at radius 3 is 2.86 bits per heavy atom. The Hall–Kier alpha value is -1.52. The van der Waals surface area contributed by atoms with Gasteiger partial charge in [-0.25, -0.2) is 0 Å². The van der Waals surface area contributed by atoms with Gasteiger partial charge in [0.2, 0.25) is 0 Å². The molecule has 1 aromatic heterocycles. The lowest BCUT2D eigenvalue weighted by molar-refractivity contribution is 0.0616. The molecule has 0 bridgehead atoms. The van der Waals surface area contributed by atoms with Crippen LogP contribution in [-0.4, -0.2) is 36.1 Å². The van der Waals surface area contributed by atoms with Gasteiger partial charge in [0.25, 0.3) is 0 Å². The van der Waals surface area contributed by atoms with Crippen molar-refractivity contribution in [2.45, 2.75) is 32.2 Å². The number of hydrogen-bond acceptors (Lipinski definition) is 3. The Balaban J connectivity index is 1.64. The predicted octanol–water partition coefficient (Wildman–Crippen LogP) is 3.22. The highest BCUT2D eigenvalue weighted by molar-refractivity contribution is 5.81. The molecule has 0 amide bonds. The maximum atomic E-state index is 8.78. The van der Waals surface area contributed by atoms with Crippen molar-refractivity contribution < 1.29 is 14.6 Å². The molecule has 22 heavy (non-hydrogen) atoms. The Morgan fingerprint density at radius 1 is 1.18 bits per heavy atom. The van der Waals surface area contributed by atoms with Gasteiger partial charge in [0.05, 0.1) is 6.61 Å². The minimum Gasteiger partial charge on any atom is -0.494 e. The highest BCUT2D eigenvalue weighted by Gasteiger charge is 2.15. The first kappa shape index (κ1) is 15.4. The van der Waals surface area contributed by atoms with Crippen LogP contribution in [0.2, 0.25) is 0 Å². The molecule has 2 heterocycles. The fourth-order valence-corrected chi connectivity index (χ4v) is 3.04. The molecule has 0 saturated carbocycles. The standard InChI is InChI=1S/C18H25NO3/c20-9-1-2-10-22-17-3-4-18-16(13-17)5-8-19(18)14-15-6-11-21-12-7-15/h3-5,8,13,15,20H,1-2,6-7,9-12,14H2. The van der Waals surface area contributed by atoms with E-state index in [4.69, 9.17) is 14.6 Å². The average Bonchev–Trinajstić information content (AvgIpc) is 2.95. The van der Waals surface area contributed by atoms with Crippen molar-refractivity contribution in [3.05, 3.63) is 30.5 Å². The Kier molecular flexibility index (Phi) is 5.35. The Bertz CT molecular complexity index is 587. The van der Waals surface area contributed by atoms with Crippen LogP contribution in [0.15, 0.2) is 30.5 Å². The highest BCUT2D eigenvalue weighted by atomic mass is 16.5. The number of ether oxygens (including phenoxy) is 2. The quantitative estimate of drug-likeness (QED) is 0.799. The summed E-state index contributed by atoms with van der Waals surface area (Å²) in [4.78, 5) is 0. The number of aromatic nitrogens is 1. The van der Waals surface area contributed by atoms with E-state index >= 15 is 0 Å². The van der Waals surface area contributed by atoms with Gasteiger partial charge in [0.15, 0.2) is 0 Å². The van der Waals surface area contributed by atoms with Crippen molar-refractivity contribution in [2.75, 3.05) is 26.4 Å². The molecule has 0 atom stereocenters. The molecule has 2 aromatic rings. The summed E-state index contributed by atoms with van der Waals surface area (Å²) in [6.45, 7) is 3.77. The normalized spacial score (nSPS) is 16.2. The van der Waals surface area contributed by atoms with Gasteiger partial charge in [0, 0.05) is 43.5 Å². The zero-order valence-corrected chi connectivity index (χ0v) is 13.0.